The van der Waals surface area contributed by atoms with Crippen molar-refractivity contribution in [2.45, 2.75) is 40.3 Å². The summed E-state index contributed by atoms with van der Waals surface area (Å²) in [6, 6.07) is 12.8. The summed E-state index contributed by atoms with van der Waals surface area (Å²) < 4.78 is 0. The molecule has 0 bridgehead atoms. The number of amides is 1. The molecule has 1 fully saturated rings. The molecule has 6 nitrogen and oxygen atoms in total. The number of aromatic nitrogens is 2. The summed E-state index contributed by atoms with van der Waals surface area (Å²) in [5.74, 6) is 1.84. The Morgan fingerprint density at radius 1 is 1.11 bits per heavy atom. The molecule has 0 radical (unpaired) electrons. The number of benzene rings is 1. The molecule has 0 atom stereocenters. The minimum absolute atomic E-state index is 0.134. The van der Waals surface area contributed by atoms with E-state index in [1.54, 1.807) is 6.92 Å². The number of aryl methyl sites for hydroxylation is 1. The van der Waals surface area contributed by atoms with Crippen molar-refractivity contribution in [2.24, 2.45) is 0 Å². The van der Waals surface area contributed by atoms with Crippen LogP contribution in [-0.4, -0.2) is 53.0 Å². The van der Waals surface area contributed by atoms with Crippen LogP contribution in [0.15, 0.2) is 36.4 Å². The normalized spacial score (nSPS) is 14.6. The molecule has 1 aliphatic rings. The molecule has 1 aromatic carbocycles. The topological polar surface area (TPSA) is 52.6 Å². The number of nitrogens with zero attached hydrogens (tertiary/aromatic N) is 5. The number of hydrogen-bond donors (Lipinski definition) is 0. The van der Waals surface area contributed by atoms with Crippen LogP contribution in [0.3, 0.4) is 0 Å². The third-order valence-corrected chi connectivity index (χ3v) is 4.95. The van der Waals surface area contributed by atoms with Crippen LogP contribution in [-0.2, 0) is 11.3 Å². The highest BCUT2D eigenvalue weighted by Crippen LogP contribution is 2.22. The molecule has 0 spiro atoms. The Bertz CT molecular complexity index is 769. The molecule has 6 heteroatoms. The van der Waals surface area contributed by atoms with Crippen LogP contribution in [0.5, 0.6) is 0 Å². The van der Waals surface area contributed by atoms with E-state index in [1.807, 2.05) is 17.9 Å². The predicted octanol–water partition coefficient (Wildman–Crippen LogP) is 2.87. The van der Waals surface area contributed by atoms with Gasteiger partial charge in [-0.3, -0.25) is 4.79 Å². The van der Waals surface area contributed by atoms with Gasteiger partial charge < -0.3 is 14.7 Å². The molecule has 3 rings (SSSR count). The lowest BCUT2D eigenvalue weighted by Crippen LogP contribution is -2.48. The lowest BCUT2D eigenvalue weighted by molar-refractivity contribution is -0.129. The molecule has 144 valence electrons. The van der Waals surface area contributed by atoms with Gasteiger partial charge in [-0.05, 0) is 26.3 Å². The van der Waals surface area contributed by atoms with E-state index in [0.717, 1.165) is 50.2 Å². The third-order valence-electron chi connectivity index (χ3n) is 4.95. The van der Waals surface area contributed by atoms with Crippen LogP contribution in [0.2, 0.25) is 0 Å². The standard InChI is InChI=1S/C21H29N5O/c1-16(2)26(15-19-8-6-5-7-9-19)20-14-17(3)22-21(23-20)25-12-10-24(11-13-25)18(4)27/h5-9,14,16H,10-13,15H2,1-4H3. The van der Waals surface area contributed by atoms with Gasteiger partial charge in [-0.25, -0.2) is 4.98 Å². The van der Waals surface area contributed by atoms with Crippen molar-refractivity contribution in [3.63, 3.8) is 0 Å². The zero-order chi connectivity index (χ0) is 19.4. The van der Waals surface area contributed by atoms with E-state index in [2.05, 4.69) is 59.0 Å². The molecular weight excluding hydrogens is 338 g/mol. The third kappa shape index (κ3) is 4.76. The van der Waals surface area contributed by atoms with Crippen molar-refractivity contribution < 1.29 is 4.79 Å². The minimum atomic E-state index is 0.134. The fourth-order valence-electron chi connectivity index (χ4n) is 3.35. The van der Waals surface area contributed by atoms with Gasteiger partial charge in [0, 0.05) is 57.4 Å². The number of carbonyl (C=O) groups excluding carboxylic acids is 1. The SMILES string of the molecule is CC(=O)N1CCN(c2nc(C)cc(N(Cc3ccccc3)C(C)C)n2)CC1. The van der Waals surface area contributed by atoms with Crippen LogP contribution in [0.1, 0.15) is 32.0 Å². The summed E-state index contributed by atoms with van der Waals surface area (Å²) in [6.45, 7) is 11.8. The minimum Gasteiger partial charge on any atom is -0.350 e. The number of piperazine rings is 1. The molecule has 1 aromatic heterocycles. The maximum absolute atomic E-state index is 11.6. The Morgan fingerprint density at radius 2 is 1.78 bits per heavy atom. The Hall–Kier alpha value is -2.63. The van der Waals surface area contributed by atoms with E-state index in [0.29, 0.717) is 6.04 Å². The largest absolute Gasteiger partial charge is 0.350 e. The van der Waals surface area contributed by atoms with Gasteiger partial charge in [-0.1, -0.05) is 30.3 Å². The molecule has 27 heavy (non-hydrogen) atoms. The molecule has 2 heterocycles. The Labute approximate surface area is 161 Å². The predicted molar refractivity (Wildman–Crippen MR) is 109 cm³/mol. The monoisotopic (exact) mass is 367 g/mol. The van der Waals surface area contributed by atoms with E-state index >= 15 is 0 Å². The molecule has 0 aliphatic carbocycles. The first kappa shape index (κ1) is 19.1. The summed E-state index contributed by atoms with van der Waals surface area (Å²) in [5, 5.41) is 0. The molecule has 2 aromatic rings. The van der Waals surface area contributed by atoms with Crippen molar-refractivity contribution in [3.8, 4) is 0 Å². The fraction of sp³-hybridized carbons (Fsp3) is 0.476. The second-order valence-electron chi connectivity index (χ2n) is 7.37. The van der Waals surface area contributed by atoms with E-state index in [4.69, 9.17) is 4.98 Å². The van der Waals surface area contributed by atoms with Gasteiger partial charge in [-0.2, -0.15) is 4.98 Å². The first-order chi connectivity index (χ1) is 12.9. The van der Waals surface area contributed by atoms with Gasteiger partial charge in [0.2, 0.25) is 11.9 Å². The van der Waals surface area contributed by atoms with Gasteiger partial charge in [0.05, 0.1) is 0 Å². The summed E-state index contributed by atoms with van der Waals surface area (Å²) in [4.78, 5) is 27.5. The van der Waals surface area contributed by atoms with Gasteiger partial charge >= 0.3 is 0 Å². The lowest BCUT2D eigenvalue weighted by Gasteiger charge is -2.35. The lowest BCUT2D eigenvalue weighted by atomic mass is 10.2. The zero-order valence-electron chi connectivity index (χ0n) is 16.7. The fourth-order valence-corrected chi connectivity index (χ4v) is 3.35. The van der Waals surface area contributed by atoms with Crippen molar-refractivity contribution >= 4 is 17.7 Å². The Balaban J connectivity index is 1.82. The van der Waals surface area contributed by atoms with E-state index in [-0.39, 0.29) is 5.91 Å². The molecule has 1 amide bonds. The number of hydrogen-bond acceptors (Lipinski definition) is 5. The maximum atomic E-state index is 11.6. The number of carbonyl (C=O) groups is 1. The molecule has 0 N–H and O–H groups in total. The second-order valence-corrected chi connectivity index (χ2v) is 7.37. The average Bonchev–Trinajstić information content (AvgIpc) is 2.66. The highest BCUT2D eigenvalue weighted by Gasteiger charge is 2.22. The summed E-state index contributed by atoms with van der Waals surface area (Å²) in [6.07, 6.45) is 0. The van der Waals surface area contributed by atoms with Gasteiger partial charge in [0.15, 0.2) is 0 Å². The van der Waals surface area contributed by atoms with E-state index in [9.17, 15) is 4.79 Å². The quantitative estimate of drug-likeness (QED) is 0.813. The summed E-state index contributed by atoms with van der Waals surface area (Å²) in [5.41, 5.74) is 2.22. The molecule has 1 aliphatic heterocycles. The van der Waals surface area contributed by atoms with Gasteiger partial charge in [0.25, 0.3) is 0 Å². The number of anilines is 2. The van der Waals surface area contributed by atoms with Crippen LogP contribution < -0.4 is 9.80 Å². The molecule has 0 unspecified atom stereocenters. The first-order valence-corrected chi connectivity index (χ1v) is 9.60. The molecular formula is C21H29N5O. The second kappa shape index (κ2) is 8.37. The van der Waals surface area contributed by atoms with Crippen molar-refractivity contribution in [2.75, 3.05) is 36.0 Å². The van der Waals surface area contributed by atoms with Crippen LogP contribution >= 0.6 is 0 Å². The number of rotatable bonds is 5. The highest BCUT2D eigenvalue weighted by atomic mass is 16.2. The first-order valence-electron chi connectivity index (χ1n) is 9.60. The summed E-state index contributed by atoms with van der Waals surface area (Å²) in [7, 11) is 0. The van der Waals surface area contributed by atoms with Crippen LogP contribution in [0.25, 0.3) is 0 Å². The zero-order valence-corrected chi connectivity index (χ0v) is 16.7. The average molecular weight is 367 g/mol. The van der Waals surface area contributed by atoms with Gasteiger partial charge in [-0.15, -0.1) is 0 Å². The Morgan fingerprint density at radius 3 is 2.37 bits per heavy atom. The maximum Gasteiger partial charge on any atom is 0.227 e. The molecule has 1 saturated heterocycles. The van der Waals surface area contributed by atoms with Crippen LogP contribution in [0, 0.1) is 6.92 Å². The highest BCUT2D eigenvalue weighted by molar-refractivity contribution is 5.73. The van der Waals surface area contributed by atoms with Crippen LogP contribution in [0.4, 0.5) is 11.8 Å². The molecule has 0 saturated carbocycles. The smallest absolute Gasteiger partial charge is 0.227 e. The van der Waals surface area contributed by atoms with Gasteiger partial charge in [0.1, 0.15) is 5.82 Å². The van der Waals surface area contributed by atoms with Crippen molar-refractivity contribution in [1.82, 2.24) is 14.9 Å². The van der Waals surface area contributed by atoms with E-state index in [1.165, 1.54) is 5.56 Å². The van der Waals surface area contributed by atoms with Crippen molar-refractivity contribution in [1.29, 1.82) is 0 Å². The van der Waals surface area contributed by atoms with E-state index < -0.39 is 0 Å². The van der Waals surface area contributed by atoms with Crippen molar-refractivity contribution in [3.05, 3.63) is 47.7 Å². The summed E-state index contributed by atoms with van der Waals surface area (Å²) >= 11 is 0. The Kier molecular flexibility index (Phi) is 5.94.